The van der Waals surface area contributed by atoms with Crippen LogP contribution in [0.3, 0.4) is 0 Å². The van der Waals surface area contributed by atoms with Gasteiger partial charge in [0.25, 0.3) is 11.9 Å². The van der Waals surface area contributed by atoms with Crippen molar-refractivity contribution < 1.29 is 23.5 Å². The second kappa shape index (κ2) is 16.6. The van der Waals surface area contributed by atoms with Gasteiger partial charge in [-0.1, -0.05) is 18.2 Å². The van der Waals surface area contributed by atoms with Crippen molar-refractivity contribution in [3.8, 4) is 11.3 Å². The van der Waals surface area contributed by atoms with Crippen LogP contribution in [-0.4, -0.2) is 117 Å². The van der Waals surface area contributed by atoms with E-state index in [9.17, 15) is 9.59 Å². The fraction of sp³-hybridized carbons (Fsp3) is 0.368. The first-order chi connectivity index (χ1) is 27.4. The van der Waals surface area contributed by atoms with Gasteiger partial charge in [0.2, 0.25) is 11.9 Å². The van der Waals surface area contributed by atoms with Gasteiger partial charge in [-0.15, -0.1) is 0 Å². The maximum absolute atomic E-state index is 13.0. The van der Waals surface area contributed by atoms with E-state index < -0.39 is 0 Å². The smallest absolute Gasteiger partial charge is 0.292 e. The molecule has 0 atom stereocenters. The van der Waals surface area contributed by atoms with Crippen LogP contribution in [0.15, 0.2) is 59.5 Å². The van der Waals surface area contributed by atoms with Crippen molar-refractivity contribution in [1.29, 1.82) is 0 Å². The van der Waals surface area contributed by atoms with Gasteiger partial charge >= 0.3 is 0 Å². The number of ether oxygens (including phenoxy) is 2. The van der Waals surface area contributed by atoms with Crippen LogP contribution in [-0.2, 0) is 33.8 Å². The molecule has 6 heterocycles. The van der Waals surface area contributed by atoms with Gasteiger partial charge in [-0.3, -0.25) is 9.59 Å². The molecule has 2 amide bonds. The third kappa shape index (κ3) is 8.21. The fourth-order valence-electron chi connectivity index (χ4n) is 6.97. The number of nitrogens with two attached hydrogens (primary N) is 2. The molecule has 1 fully saturated rings. The molecule has 0 bridgehead atoms. The Balaban J connectivity index is 0.764. The molecule has 8 rings (SSSR count). The summed E-state index contributed by atoms with van der Waals surface area (Å²) in [6.45, 7) is 6.80. The van der Waals surface area contributed by atoms with Crippen molar-refractivity contribution in [3.05, 3.63) is 77.4 Å². The van der Waals surface area contributed by atoms with Crippen LogP contribution in [0.5, 0.6) is 0 Å². The summed E-state index contributed by atoms with van der Waals surface area (Å²) in [5.74, 6) is 0.766. The number of fused-ring (bicyclic) bond motifs is 3. The monoisotopic (exact) mass is 761 g/mol. The Morgan fingerprint density at radius 3 is 2.57 bits per heavy atom. The normalized spacial score (nSPS) is 14.4. The maximum atomic E-state index is 13.0. The molecule has 0 aliphatic carbocycles. The van der Waals surface area contributed by atoms with Crippen LogP contribution in [0, 0.1) is 0 Å². The summed E-state index contributed by atoms with van der Waals surface area (Å²) in [6, 6.07) is 12.0. The van der Waals surface area contributed by atoms with Crippen LogP contribution in [0.25, 0.3) is 33.4 Å². The highest BCUT2D eigenvalue weighted by molar-refractivity contribution is 5.99. The molecule has 2 aliphatic heterocycles. The summed E-state index contributed by atoms with van der Waals surface area (Å²) in [5, 5.41) is 11.7. The number of carbonyl (C=O) groups is 2. The number of nitrogens with zero attached hydrogens (tertiary/aromatic N) is 9. The Kier molecular flexibility index (Phi) is 10.9. The van der Waals surface area contributed by atoms with Crippen LogP contribution in [0.2, 0.25) is 0 Å². The number of rotatable bonds is 14. The average Bonchev–Trinajstić information content (AvgIpc) is 3.79. The van der Waals surface area contributed by atoms with Crippen LogP contribution >= 0.6 is 0 Å². The number of anilines is 3. The van der Waals surface area contributed by atoms with Crippen molar-refractivity contribution in [2.24, 2.45) is 0 Å². The number of piperazine rings is 1. The topological polar surface area (TPSA) is 231 Å². The van der Waals surface area contributed by atoms with Gasteiger partial charge in [0.15, 0.2) is 11.2 Å². The number of hydrogen-bond acceptors (Lipinski definition) is 15. The summed E-state index contributed by atoms with van der Waals surface area (Å²) in [6.07, 6.45) is 5.56. The van der Waals surface area contributed by atoms with Gasteiger partial charge < -0.3 is 45.8 Å². The quantitative estimate of drug-likeness (QED) is 0.116. The molecule has 1 saturated heterocycles. The second-order valence-corrected chi connectivity index (χ2v) is 13.6. The molecule has 0 saturated carbocycles. The number of aromatic nitrogens is 7. The van der Waals surface area contributed by atoms with Gasteiger partial charge in [0.1, 0.15) is 23.4 Å². The zero-order chi connectivity index (χ0) is 38.4. The zero-order valence-electron chi connectivity index (χ0n) is 30.8. The zero-order valence-corrected chi connectivity index (χ0v) is 30.8. The highest BCUT2D eigenvalue weighted by atomic mass is 16.5. The maximum Gasteiger partial charge on any atom is 0.292 e. The first-order valence-corrected chi connectivity index (χ1v) is 18.6. The molecule has 56 heavy (non-hydrogen) atoms. The van der Waals surface area contributed by atoms with E-state index in [-0.39, 0.29) is 24.2 Å². The number of amides is 2. The Hall–Kier alpha value is -6.24. The summed E-state index contributed by atoms with van der Waals surface area (Å²) in [4.78, 5) is 51.1. The standard InChI is InChI=1S/C38H43N13O5/c39-34-32-33(26-3-4-30-29(18-26)47-37(40)56-30)48-51(35(32)46-23-45-34)21-24-1-2-27-22-50(10-5-25(27)17-24)31(52)6-13-54-15-16-55-14-9-42-36(53)28-19-43-38(44-20-28)49-11-7-41-8-12-49/h1-4,17-20,23,41H,5-16,21-22H2,(H2,40,47)(H,42,53)(H2,39,45,46). The largest absolute Gasteiger partial charge is 0.424 e. The van der Waals surface area contributed by atoms with Crippen LogP contribution < -0.4 is 27.0 Å². The SMILES string of the molecule is Nc1nc2cc(-c3nn(Cc4ccc5c(c4)CCN(C(=O)CCOCCOCCNC(=O)c4cnc(N6CCNCC6)nc4)C5)c4ncnc(N)c34)ccc2o1. The highest BCUT2D eigenvalue weighted by Gasteiger charge is 2.23. The minimum absolute atomic E-state index is 0.0487. The Bertz CT molecular complexity index is 2340. The van der Waals surface area contributed by atoms with E-state index in [2.05, 4.69) is 58.7 Å². The first kappa shape index (κ1) is 36.7. The lowest BCUT2D eigenvalue weighted by Gasteiger charge is -2.29. The minimum Gasteiger partial charge on any atom is -0.424 e. The second-order valence-electron chi connectivity index (χ2n) is 13.6. The van der Waals surface area contributed by atoms with Crippen LogP contribution in [0.1, 0.15) is 33.5 Å². The molecule has 4 aromatic heterocycles. The average molecular weight is 762 g/mol. The predicted octanol–water partition coefficient (Wildman–Crippen LogP) is 1.78. The molecule has 2 aliphatic rings. The molecule has 2 aromatic carbocycles. The molecular formula is C38H43N13O5. The number of hydrogen-bond donors (Lipinski definition) is 4. The van der Waals surface area contributed by atoms with Gasteiger partial charge in [0.05, 0.1) is 50.3 Å². The van der Waals surface area contributed by atoms with E-state index in [1.807, 2.05) is 21.7 Å². The van der Waals surface area contributed by atoms with Crippen molar-refractivity contribution >= 4 is 51.7 Å². The van der Waals surface area contributed by atoms with E-state index in [0.717, 1.165) is 49.3 Å². The van der Waals surface area contributed by atoms with Gasteiger partial charge in [-0.25, -0.2) is 24.6 Å². The van der Waals surface area contributed by atoms with Gasteiger partial charge in [0, 0.05) is 63.8 Å². The van der Waals surface area contributed by atoms with Crippen LogP contribution in [0.4, 0.5) is 17.8 Å². The molecule has 6 aromatic rings. The predicted molar refractivity (Wildman–Crippen MR) is 208 cm³/mol. The summed E-state index contributed by atoms with van der Waals surface area (Å²) >= 11 is 0. The number of nitrogen functional groups attached to an aromatic ring is 2. The number of nitrogens with one attached hydrogen (secondary N) is 2. The lowest BCUT2D eigenvalue weighted by Crippen LogP contribution is -2.44. The van der Waals surface area contributed by atoms with E-state index in [1.54, 1.807) is 18.5 Å². The van der Waals surface area contributed by atoms with E-state index in [0.29, 0.717) is 97.8 Å². The van der Waals surface area contributed by atoms with Gasteiger partial charge in [-0.2, -0.15) is 10.1 Å². The van der Waals surface area contributed by atoms with Crippen molar-refractivity contribution in [2.75, 3.05) is 82.1 Å². The molecule has 0 unspecified atom stereocenters. The first-order valence-electron chi connectivity index (χ1n) is 18.6. The molecule has 290 valence electrons. The fourth-order valence-corrected chi connectivity index (χ4v) is 6.97. The summed E-state index contributed by atoms with van der Waals surface area (Å²) < 4.78 is 18.5. The number of oxazole rings is 1. The minimum atomic E-state index is -0.249. The lowest BCUT2D eigenvalue weighted by molar-refractivity contribution is -0.133. The highest BCUT2D eigenvalue weighted by Crippen LogP contribution is 2.33. The number of carbonyl (C=O) groups excluding carboxylic acids is 2. The Labute approximate surface area is 321 Å². The Morgan fingerprint density at radius 1 is 0.911 bits per heavy atom. The third-order valence-corrected chi connectivity index (χ3v) is 9.87. The summed E-state index contributed by atoms with van der Waals surface area (Å²) in [5.41, 5.74) is 19.1. The lowest BCUT2D eigenvalue weighted by atomic mass is 9.97. The van der Waals surface area contributed by atoms with E-state index in [4.69, 9.17) is 30.5 Å². The van der Waals surface area contributed by atoms with Gasteiger partial charge in [-0.05, 0) is 41.3 Å². The van der Waals surface area contributed by atoms with E-state index in [1.165, 1.54) is 11.9 Å². The number of benzene rings is 2. The van der Waals surface area contributed by atoms with Crippen molar-refractivity contribution in [3.63, 3.8) is 0 Å². The molecule has 18 nitrogen and oxygen atoms in total. The Morgan fingerprint density at radius 2 is 1.73 bits per heavy atom. The van der Waals surface area contributed by atoms with Crippen molar-refractivity contribution in [2.45, 2.75) is 25.9 Å². The molecule has 0 radical (unpaired) electrons. The molecular weight excluding hydrogens is 719 g/mol. The molecule has 18 heteroatoms. The summed E-state index contributed by atoms with van der Waals surface area (Å²) in [7, 11) is 0. The van der Waals surface area contributed by atoms with E-state index >= 15 is 0 Å². The third-order valence-electron chi connectivity index (χ3n) is 9.87. The molecule has 6 N–H and O–H groups in total. The van der Waals surface area contributed by atoms with Crippen molar-refractivity contribution in [1.82, 2.24) is 50.2 Å². The molecule has 0 spiro atoms.